The Balaban J connectivity index is 1.74. The molecule has 11 heteroatoms. The number of ether oxygens (including phenoxy) is 1. The van der Waals surface area contributed by atoms with E-state index in [0.717, 1.165) is 16.9 Å². The lowest BCUT2D eigenvalue weighted by Gasteiger charge is -2.19. The number of thiophene rings is 1. The summed E-state index contributed by atoms with van der Waals surface area (Å²) in [6.45, 7) is 8.16. The van der Waals surface area contributed by atoms with E-state index >= 15 is 0 Å². The van der Waals surface area contributed by atoms with E-state index in [1.807, 2.05) is 23.7 Å². The molecule has 0 aliphatic rings. The van der Waals surface area contributed by atoms with Crippen molar-refractivity contribution in [3.8, 4) is 11.4 Å². The van der Waals surface area contributed by atoms with Gasteiger partial charge in [-0.2, -0.15) is 0 Å². The summed E-state index contributed by atoms with van der Waals surface area (Å²) < 4.78 is 6.71. The van der Waals surface area contributed by atoms with Gasteiger partial charge in [-0.1, -0.05) is 56.8 Å². The van der Waals surface area contributed by atoms with Gasteiger partial charge in [0, 0.05) is 26.7 Å². The number of aromatic nitrogens is 3. The summed E-state index contributed by atoms with van der Waals surface area (Å²) >= 11 is 2.29. The molecular weight excluding hydrogens is 498 g/mol. The predicted octanol–water partition coefficient (Wildman–Crippen LogP) is 4.37. The summed E-state index contributed by atoms with van der Waals surface area (Å²) in [6, 6.07) is 8.21. The second-order valence-corrected chi connectivity index (χ2v) is 11.4. The molecule has 2 heterocycles. The molecule has 0 spiro atoms. The van der Waals surface area contributed by atoms with E-state index in [-0.39, 0.29) is 33.5 Å². The molecule has 0 saturated heterocycles. The first kappa shape index (κ1) is 27.4. The van der Waals surface area contributed by atoms with Gasteiger partial charge in [-0.3, -0.25) is 9.59 Å². The molecule has 9 nitrogen and oxygen atoms in total. The molecule has 1 N–H and O–H groups in total. The summed E-state index contributed by atoms with van der Waals surface area (Å²) in [4.78, 5) is 39.4. The number of esters is 1. The lowest BCUT2D eigenvalue weighted by atomic mass is 9.87. The van der Waals surface area contributed by atoms with Crippen LogP contribution in [0.2, 0.25) is 0 Å². The van der Waals surface area contributed by atoms with Crippen molar-refractivity contribution in [2.24, 2.45) is 7.05 Å². The Morgan fingerprint density at radius 3 is 2.33 bits per heavy atom. The summed E-state index contributed by atoms with van der Waals surface area (Å²) in [7, 11) is 6.37. The zero-order chi connectivity index (χ0) is 26.8. The Labute approximate surface area is 219 Å². The minimum atomic E-state index is -0.611. The van der Waals surface area contributed by atoms with Crippen LogP contribution in [0.1, 0.15) is 51.9 Å². The second-order valence-electron chi connectivity index (χ2n) is 9.48. The number of rotatable bonds is 7. The van der Waals surface area contributed by atoms with Crippen LogP contribution in [0.3, 0.4) is 0 Å². The normalized spacial score (nSPS) is 11.3. The van der Waals surface area contributed by atoms with Crippen molar-refractivity contribution in [2.45, 2.75) is 38.3 Å². The maximum atomic E-state index is 12.8. The lowest BCUT2D eigenvalue weighted by molar-refractivity contribution is -0.113. The van der Waals surface area contributed by atoms with Gasteiger partial charge in [0.25, 0.3) is 5.91 Å². The minimum Gasteiger partial charge on any atom is -0.465 e. The SMILES string of the molecule is COC(=O)c1c(NC(=O)CSc2nnc(-c3ccc(C(C)(C)C)cc3)n2C)sc(C(=O)N(C)C)c1C. The fourth-order valence-electron chi connectivity index (χ4n) is 3.46. The number of hydrogen-bond acceptors (Lipinski definition) is 8. The van der Waals surface area contributed by atoms with Gasteiger partial charge in [-0.05, 0) is 23.5 Å². The van der Waals surface area contributed by atoms with Gasteiger partial charge in [0.1, 0.15) is 5.00 Å². The van der Waals surface area contributed by atoms with Crippen LogP contribution in [0.25, 0.3) is 11.4 Å². The number of thioether (sulfide) groups is 1. The molecule has 0 aliphatic heterocycles. The van der Waals surface area contributed by atoms with Crippen LogP contribution in [0, 0.1) is 6.92 Å². The molecule has 3 rings (SSSR count). The Bertz CT molecular complexity index is 1290. The van der Waals surface area contributed by atoms with Crippen molar-refractivity contribution in [1.82, 2.24) is 19.7 Å². The Morgan fingerprint density at radius 2 is 1.78 bits per heavy atom. The molecule has 0 unspecified atom stereocenters. The van der Waals surface area contributed by atoms with Crippen molar-refractivity contribution in [3.63, 3.8) is 0 Å². The molecule has 36 heavy (non-hydrogen) atoms. The standard InChI is InChI=1S/C25H31N5O4S2/c1-14-18(23(33)34-8)21(36-19(14)22(32)29(5)6)26-17(31)13-35-24-28-27-20(30(24)7)15-9-11-16(12-10-15)25(2,3)4/h9-12H,13H2,1-8H3,(H,26,31). The topological polar surface area (TPSA) is 106 Å². The molecule has 0 saturated carbocycles. The first-order valence-corrected chi connectivity index (χ1v) is 13.0. The highest BCUT2D eigenvalue weighted by Crippen LogP contribution is 2.35. The van der Waals surface area contributed by atoms with Crippen LogP contribution in [0.15, 0.2) is 29.4 Å². The third kappa shape index (κ3) is 5.79. The summed E-state index contributed by atoms with van der Waals surface area (Å²) in [6.07, 6.45) is 0. The zero-order valence-electron chi connectivity index (χ0n) is 21.8. The van der Waals surface area contributed by atoms with Gasteiger partial charge in [0.15, 0.2) is 11.0 Å². The van der Waals surface area contributed by atoms with E-state index in [9.17, 15) is 14.4 Å². The molecule has 0 atom stereocenters. The third-order valence-corrected chi connectivity index (χ3v) is 7.78. The average molecular weight is 530 g/mol. The molecule has 2 amide bonds. The van der Waals surface area contributed by atoms with Crippen LogP contribution in [-0.2, 0) is 22.0 Å². The molecular formula is C25H31N5O4S2. The molecule has 0 aliphatic carbocycles. The Morgan fingerprint density at radius 1 is 1.14 bits per heavy atom. The number of methoxy groups -OCH3 is 1. The van der Waals surface area contributed by atoms with Crippen LogP contribution in [0.4, 0.5) is 5.00 Å². The fraction of sp³-hybridized carbons (Fsp3) is 0.400. The highest BCUT2D eigenvalue weighted by Gasteiger charge is 2.27. The van der Waals surface area contributed by atoms with E-state index in [0.29, 0.717) is 21.4 Å². The highest BCUT2D eigenvalue weighted by molar-refractivity contribution is 7.99. The van der Waals surface area contributed by atoms with Crippen LogP contribution in [0.5, 0.6) is 0 Å². The first-order chi connectivity index (χ1) is 16.8. The fourth-order valence-corrected chi connectivity index (χ4v) is 5.40. The quantitative estimate of drug-likeness (QED) is 0.358. The van der Waals surface area contributed by atoms with Crippen molar-refractivity contribution >= 4 is 45.9 Å². The smallest absolute Gasteiger partial charge is 0.341 e. The summed E-state index contributed by atoms with van der Waals surface area (Å²) in [5.74, 6) is -0.454. The minimum absolute atomic E-state index is 0.0451. The maximum Gasteiger partial charge on any atom is 0.341 e. The molecule has 192 valence electrons. The number of hydrogen-bond donors (Lipinski definition) is 1. The monoisotopic (exact) mass is 529 g/mol. The van der Waals surface area contributed by atoms with Crippen molar-refractivity contribution in [2.75, 3.05) is 32.3 Å². The van der Waals surface area contributed by atoms with Crippen LogP contribution < -0.4 is 5.32 Å². The number of nitrogens with one attached hydrogen (secondary N) is 1. The van der Waals surface area contributed by atoms with E-state index in [2.05, 4.69) is 48.4 Å². The van der Waals surface area contributed by atoms with E-state index in [1.165, 1.54) is 29.3 Å². The number of amides is 2. The number of carbonyl (C=O) groups excluding carboxylic acids is 3. The van der Waals surface area contributed by atoms with Gasteiger partial charge in [-0.15, -0.1) is 21.5 Å². The van der Waals surface area contributed by atoms with Gasteiger partial charge in [0.05, 0.1) is 23.3 Å². The number of benzene rings is 1. The number of carbonyl (C=O) groups is 3. The summed E-state index contributed by atoms with van der Waals surface area (Å²) in [5, 5.41) is 12.2. The maximum absolute atomic E-state index is 12.8. The molecule has 3 aromatic rings. The van der Waals surface area contributed by atoms with Gasteiger partial charge >= 0.3 is 5.97 Å². The van der Waals surface area contributed by atoms with Crippen molar-refractivity contribution in [3.05, 3.63) is 45.8 Å². The third-order valence-electron chi connectivity index (χ3n) is 5.57. The molecule has 0 bridgehead atoms. The number of nitrogens with zero attached hydrogens (tertiary/aromatic N) is 4. The molecule has 1 aromatic carbocycles. The van der Waals surface area contributed by atoms with E-state index in [4.69, 9.17) is 4.74 Å². The number of anilines is 1. The van der Waals surface area contributed by atoms with Crippen LogP contribution >= 0.6 is 23.1 Å². The van der Waals surface area contributed by atoms with Gasteiger partial charge in [-0.25, -0.2) is 4.79 Å². The zero-order valence-corrected chi connectivity index (χ0v) is 23.4. The van der Waals surface area contributed by atoms with E-state index < -0.39 is 5.97 Å². The molecule has 2 aromatic heterocycles. The Kier molecular flexibility index (Phi) is 8.25. The Hall–Kier alpha value is -3.18. The van der Waals surface area contributed by atoms with Gasteiger partial charge < -0.3 is 19.5 Å². The van der Waals surface area contributed by atoms with Crippen molar-refractivity contribution in [1.29, 1.82) is 0 Å². The second kappa shape index (κ2) is 10.8. The first-order valence-electron chi connectivity index (χ1n) is 11.2. The molecule has 0 fully saturated rings. The lowest BCUT2D eigenvalue weighted by Crippen LogP contribution is -2.21. The average Bonchev–Trinajstić information content (AvgIpc) is 3.35. The van der Waals surface area contributed by atoms with Crippen LogP contribution in [-0.4, -0.2) is 64.4 Å². The van der Waals surface area contributed by atoms with E-state index in [1.54, 1.807) is 21.0 Å². The largest absolute Gasteiger partial charge is 0.465 e. The molecule has 0 radical (unpaired) electrons. The summed E-state index contributed by atoms with van der Waals surface area (Å²) in [5.41, 5.74) is 2.88. The van der Waals surface area contributed by atoms with Gasteiger partial charge in [0.2, 0.25) is 5.91 Å². The highest BCUT2D eigenvalue weighted by atomic mass is 32.2. The van der Waals surface area contributed by atoms with Crippen molar-refractivity contribution < 1.29 is 19.1 Å². The predicted molar refractivity (Wildman–Crippen MR) is 143 cm³/mol.